The van der Waals surface area contributed by atoms with Crippen molar-refractivity contribution < 1.29 is 5.11 Å². The first-order valence-corrected chi connectivity index (χ1v) is 9.82. The van der Waals surface area contributed by atoms with Crippen LogP contribution in [0.15, 0.2) is 30.3 Å². The van der Waals surface area contributed by atoms with Gasteiger partial charge in [-0.25, -0.2) is 0 Å². The van der Waals surface area contributed by atoms with Crippen molar-refractivity contribution in [2.45, 2.75) is 57.6 Å². The van der Waals surface area contributed by atoms with Crippen molar-refractivity contribution in [3.63, 3.8) is 0 Å². The number of hydrogen-bond donors (Lipinski definition) is 2. The molecular weight excluding hydrogens is 332 g/mol. The number of pyridine rings is 1. The van der Waals surface area contributed by atoms with Crippen LogP contribution in [-0.4, -0.2) is 16.3 Å². The van der Waals surface area contributed by atoms with Crippen LogP contribution >= 0.6 is 11.6 Å². The van der Waals surface area contributed by atoms with E-state index >= 15 is 0 Å². The second-order valence-electron chi connectivity index (χ2n) is 7.33. The number of rotatable bonds is 4. The fraction of sp³-hybridized carbons (Fsp3) is 0.476. The van der Waals surface area contributed by atoms with Crippen molar-refractivity contribution in [3.05, 3.63) is 46.6 Å². The lowest BCUT2D eigenvalue weighted by Gasteiger charge is -2.28. The van der Waals surface area contributed by atoms with Gasteiger partial charge in [-0.1, -0.05) is 43.0 Å². The molecule has 1 atom stereocenters. The van der Waals surface area contributed by atoms with Crippen molar-refractivity contribution in [2.75, 3.05) is 5.32 Å². The van der Waals surface area contributed by atoms with Gasteiger partial charge in [0, 0.05) is 27.9 Å². The van der Waals surface area contributed by atoms with Crippen molar-refractivity contribution >= 4 is 17.3 Å². The van der Waals surface area contributed by atoms with Gasteiger partial charge in [0.25, 0.3) is 0 Å². The minimum atomic E-state index is -0.473. The number of aromatic nitrogens is 1. The van der Waals surface area contributed by atoms with Crippen LogP contribution in [0.1, 0.15) is 49.8 Å². The Hall–Kier alpha value is -1.58. The van der Waals surface area contributed by atoms with Crippen LogP contribution in [0.2, 0.25) is 5.02 Å². The van der Waals surface area contributed by atoms with Gasteiger partial charge < -0.3 is 10.4 Å². The van der Waals surface area contributed by atoms with Crippen molar-refractivity contribution in [1.29, 1.82) is 0 Å². The lowest BCUT2D eigenvalue weighted by Crippen LogP contribution is -2.30. The van der Waals surface area contributed by atoms with Gasteiger partial charge in [0.2, 0.25) is 0 Å². The fourth-order valence-corrected chi connectivity index (χ4v) is 4.38. The predicted octanol–water partition coefficient (Wildman–Crippen LogP) is 5.20. The van der Waals surface area contributed by atoms with E-state index in [1.165, 1.54) is 24.8 Å². The smallest absolute Gasteiger partial charge is 0.127 e. The molecule has 2 aliphatic carbocycles. The first-order valence-electron chi connectivity index (χ1n) is 9.44. The van der Waals surface area contributed by atoms with Gasteiger partial charge in [-0.15, -0.1) is 0 Å². The number of anilines is 1. The summed E-state index contributed by atoms with van der Waals surface area (Å²) in [5, 5.41) is 14.8. The highest BCUT2D eigenvalue weighted by atomic mass is 35.5. The number of benzene rings is 1. The summed E-state index contributed by atoms with van der Waals surface area (Å²) in [7, 11) is 0. The molecule has 2 N–H and O–H groups in total. The van der Waals surface area contributed by atoms with E-state index in [4.69, 9.17) is 16.6 Å². The predicted molar refractivity (Wildman–Crippen MR) is 103 cm³/mol. The topological polar surface area (TPSA) is 45.1 Å². The molecule has 1 heterocycles. The van der Waals surface area contributed by atoms with Crippen LogP contribution in [0.3, 0.4) is 0 Å². The fourth-order valence-electron chi connectivity index (χ4n) is 4.19. The molecule has 0 bridgehead atoms. The molecule has 0 spiro atoms. The molecular formula is C21H25ClN2O. The van der Waals surface area contributed by atoms with Gasteiger partial charge in [-0.3, -0.25) is 4.98 Å². The molecule has 0 saturated heterocycles. The lowest BCUT2D eigenvalue weighted by molar-refractivity contribution is 0.108. The van der Waals surface area contributed by atoms with Crippen LogP contribution < -0.4 is 5.32 Å². The van der Waals surface area contributed by atoms with E-state index in [-0.39, 0.29) is 0 Å². The summed E-state index contributed by atoms with van der Waals surface area (Å²) in [6.07, 6.45) is 8.69. The van der Waals surface area contributed by atoms with E-state index in [0.717, 1.165) is 59.8 Å². The van der Waals surface area contributed by atoms with E-state index in [1.54, 1.807) is 0 Å². The van der Waals surface area contributed by atoms with Gasteiger partial charge in [0.1, 0.15) is 6.23 Å². The number of nitrogens with one attached hydrogen (secondary N) is 1. The third kappa shape index (κ3) is 3.68. The van der Waals surface area contributed by atoms with Crippen molar-refractivity contribution in [3.8, 4) is 11.3 Å². The Morgan fingerprint density at radius 2 is 1.92 bits per heavy atom. The molecule has 1 saturated carbocycles. The third-order valence-corrected chi connectivity index (χ3v) is 5.81. The number of aliphatic hydroxyl groups is 1. The zero-order valence-electron chi connectivity index (χ0n) is 14.5. The highest BCUT2D eigenvalue weighted by Crippen LogP contribution is 2.34. The van der Waals surface area contributed by atoms with E-state index in [1.807, 2.05) is 24.3 Å². The Balaban J connectivity index is 1.64. The molecule has 4 rings (SSSR count). The monoisotopic (exact) mass is 356 g/mol. The molecule has 25 heavy (non-hydrogen) atoms. The minimum Gasteiger partial charge on any atom is -0.374 e. The van der Waals surface area contributed by atoms with Crippen LogP contribution in [0, 0.1) is 5.92 Å². The first kappa shape index (κ1) is 16.9. The standard InChI is InChI=1S/C21H25ClN2O/c22-16-9-4-8-15(12-16)19-13-20(17-10-5-11-18(17)23-19)24-21(25)14-6-2-1-3-7-14/h4,8-9,12-14,21,25H,1-3,5-7,10-11H2,(H,23,24). The zero-order chi connectivity index (χ0) is 17.2. The van der Waals surface area contributed by atoms with Gasteiger partial charge in [-0.2, -0.15) is 0 Å². The Kier molecular flexibility index (Phi) is 4.96. The average Bonchev–Trinajstić information content (AvgIpc) is 3.11. The number of nitrogens with zero attached hydrogens (tertiary/aromatic N) is 1. The van der Waals surface area contributed by atoms with E-state index in [9.17, 15) is 5.11 Å². The van der Waals surface area contributed by atoms with Crippen LogP contribution in [0.5, 0.6) is 0 Å². The van der Waals surface area contributed by atoms with Gasteiger partial charge in [0.05, 0.1) is 5.69 Å². The summed E-state index contributed by atoms with van der Waals surface area (Å²) >= 11 is 6.15. The molecule has 2 aliphatic rings. The molecule has 1 unspecified atom stereocenters. The molecule has 1 fully saturated rings. The van der Waals surface area contributed by atoms with Crippen LogP contribution in [0.4, 0.5) is 5.69 Å². The summed E-state index contributed by atoms with van der Waals surface area (Å²) in [6, 6.07) is 9.91. The first-order chi connectivity index (χ1) is 12.2. The van der Waals surface area contributed by atoms with Crippen LogP contribution in [-0.2, 0) is 12.8 Å². The number of hydrogen-bond acceptors (Lipinski definition) is 3. The minimum absolute atomic E-state index is 0.355. The number of aryl methyl sites for hydroxylation is 1. The summed E-state index contributed by atoms with van der Waals surface area (Å²) in [4.78, 5) is 4.86. The van der Waals surface area contributed by atoms with Crippen molar-refractivity contribution in [1.82, 2.24) is 4.98 Å². The van der Waals surface area contributed by atoms with Gasteiger partial charge >= 0.3 is 0 Å². The molecule has 4 heteroatoms. The van der Waals surface area contributed by atoms with Gasteiger partial charge in [-0.05, 0) is 55.9 Å². The number of halogens is 1. The molecule has 1 aromatic carbocycles. The normalized spacial score (nSPS) is 18.8. The maximum atomic E-state index is 10.7. The Morgan fingerprint density at radius 1 is 1.08 bits per heavy atom. The summed E-state index contributed by atoms with van der Waals surface area (Å²) in [5.74, 6) is 0.355. The maximum Gasteiger partial charge on any atom is 0.127 e. The third-order valence-electron chi connectivity index (χ3n) is 5.57. The highest BCUT2D eigenvalue weighted by Gasteiger charge is 2.24. The van der Waals surface area contributed by atoms with Gasteiger partial charge in [0.15, 0.2) is 0 Å². The molecule has 0 aliphatic heterocycles. The van der Waals surface area contributed by atoms with E-state index in [0.29, 0.717) is 5.92 Å². The molecule has 132 valence electrons. The van der Waals surface area contributed by atoms with Crippen molar-refractivity contribution in [2.24, 2.45) is 5.92 Å². The zero-order valence-corrected chi connectivity index (χ0v) is 15.2. The molecule has 0 amide bonds. The molecule has 2 aromatic rings. The van der Waals surface area contributed by atoms with E-state index < -0.39 is 6.23 Å². The summed E-state index contributed by atoms with van der Waals surface area (Å²) in [6.45, 7) is 0. The second-order valence-corrected chi connectivity index (χ2v) is 7.77. The molecule has 0 radical (unpaired) electrons. The highest BCUT2D eigenvalue weighted by molar-refractivity contribution is 6.30. The Bertz CT molecular complexity index is 756. The lowest BCUT2D eigenvalue weighted by atomic mass is 9.88. The molecule has 1 aromatic heterocycles. The quantitative estimate of drug-likeness (QED) is 0.740. The summed E-state index contributed by atoms with van der Waals surface area (Å²) < 4.78 is 0. The largest absolute Gasteiger partial charge is 0.374 e. The summed E-state index contributed by atoms with van der Waals surface area (Å²) in [5.41, 5.74) is 5.45. The SMILES string of the molecule is OC(Nc1cc(-c2cccc(Cl)c2)nc2c1CCC2)C1CCCCC1. The number of aliphatic hydroxyl groups excluding tert-OH is 1. The van der Waals surface area contributed by atoms with Crippen LogP contribution in [0.25, 0.3) is 11.3 Å². The average molecular weight is 357 g/mol. The number of fused-ring (bicyclic) bond motifs is 1. The Morgan fingerprint density at radius 3 is 2.72 bits per heavy atom. The Labute approximate surface area is 154 Å². The second kappa shape index (κ2) is 7.35. The van der Waals surface area contributed by atoms with E-state index in [2.05, 4.69) is 11.4 Å². The molecule has 3 nitrogen and oxygen atoms in total. The maximum absolute atomic E-state index is 10.7.